The summed E-state index contributed by atoms with van der Waals surface area (Å²) in [7, 11) is 0. The van der Waals surface area contributed by atoms with Crippen LogP contribution in [0.25, 0.3) is 0 Å². The van der Waals surface area contributed by atoms with Crippen LogP contribution in [0.3, 0.4) is 0 Å². The molecule has 2 heterocycles. The number of hydrogen-bond acceptors (Lipinski definition) is 6. The summed E-state index contributed by atoms with van der Waals surface area (Å²) in [5, 5.41) is 8.65. The molecule has 0 saturated heterocycles. The third kappa shape index (κ3) is 4.55. The number of ether oxygens (including phenoxy) is 1. The number of aromatic nitrogens is 3. The topological polar surface area (TPSA) is 69.0 Å². The molecular weight excluding hydrogens is 476 g/mol. The molecule has 1 aliphatic rings. The van der Waals surface area contributed by atoms with E-state index in [1.165, 1.54) is 11.1 Å². The molecule has 0 saturated carbocycles. The van der Waals surface area contributed by atoms with Crippen LogP contribution in [0.1, 0.15) is 36.6 Å². The molecule has 0 fully saturated rings. The Balaban J connectivity index is 1.70. The summed E-state index contributed by atoms with van der Waals surface area (Å²) in [5.41, 5.74) is 4.69. The number of carbonyl (C=O) groups excluding carboxylic acids is 1. The summed E-state index contributed by atoms with van der Waals surface area (Å²) in [6, 6.07) is 15.8. The maximum absolute atomic E-state index is 12.8. The molecule has 0 amide bonds. The summed E-state index contributed by atoms with van der Waals surface area (Å²) >= 11 is 5.06. The molecule has 0 aliphatic carbocycles. The van der Waals surface area contributed by atoms with Crippen molar-refractivity contribution in [3.63, 3.8) is 0 Å². The van der Waals surface area contributed by atoms with Crippen molar-refractivity contribution in [2.24, 2.45) is 0 Å². The van der Waals surface area contributed by atoms with Crippen LogP contribution < -0.4 is 5.32 Å². The second-order valence-corrected chi connectivity index (χ2v) is 9.07. The fraction of sp³-hybridized carbons (Fsp3) is 0.261. The van der Waals surface area contributed by atoms with Crippen molar-refractivity contribution in [3.05, 3.63) is 81.0 Å². The maximum Gasteiger partial charge on any atom is 0.338 e. The molecule has 2 aromatic carbocycles. The van der Waals surface area contributed by atoms with Gasteiger partial charge in [-0.3, -0.25) is 0 Å². The zero-order chi connectivity index (χ0) is 22.0. The Morgan fingerprint density at radius 2 is 1.94 bits per heavy atom. The van der Waals surface area contributed by atoms with E-state index in [0.717, 1.165) is 21.5 Å². The quantitative estimate of drug-likeness (QED) is 0.357. The van der Waals surface area contributed by atoms with Gasteiger partial charge in [-0.25, -0.2) is 9.48 Å². The molecule has 0 unspecified atom stereocenters. The zero-order valence-corrected chi connectivity index (χ0v) is 20.0. The highest BCUT2D eigenvalue weighted by Crippen LogP contribution is 2.37. The first-order valence-corrected chi connectivity index (χ1v) is 11.8. The number of aryl methyl sites for hydroxylation is 1. The molecule has 0 bridgehead atoms. The second kappa shape index (κ2) is 9.28. The fourth-order valence-corrected chi connectivity index (χ4v) is 4.70. The van der Waals surface area contributed by atoms with E-state index in [-0.39, 0.29) is 5.97 Å². The van der Waals surface area contributed by atoms with Crippen LogP contribution in [0, 0.1) is 6.92 Å². The first kappa shape index (κ1) is 21.6. The SMILES string of the molecule is CCOC(=O)C1=C(C)Nc2nc(SCc3ccccc3C)nn2[C@H]1c1ccc(Br)cc1. The highest BCUT2D eigenvalue weighted by Gasteiger charge is 2.35. The molecule has 0 radical (unpaired) electrons. The van der Waals surface area contributed by atoms with Gasteiger partial charge in [-0.05, 0) is 49.6 Å². The summed E-state index contributed by atoms with van der Waals surface area (Å²) in [6.45, 7) is 6.09. The predicted molar refractivity (Wildman–Crippen MR) is 126 cm³/mol. The van der Waals surface area contributed by atoms with Crippen molar-refractivity contribution in [2.75, 3.05) is 11.9 Å². The highest BCUT2D eigenvalue weighted by molar-refractivity contribution is 9.10. The number of halogens is 1. The third-order valence-electron chi connectivity index (χ3n) is 5.13. The van der Waals surface area contributed by atoms with Gasteiger partial charge in [0.05, 0.1) is 12.2 Å². The van der Waals surface area contributed by atoms with Crippen LogP contribution in [0.5, 0.6) is 0 Å². The average molecular weight is 499 g/mol. The Kier molecular flexibility index (Phi) is 6.48. The van der Waals surface area contributed by atoms with Gasteiger partial charge in [0.2, 0.25) is 11.1 Å². The molecule has 6 nitrogen and oxygen atoms in total. The van der Waals surface area contributed by atoms with E-state index in [0.29, 0.717) is 23.3 Å². The van der Waals surface area contributed by atoms with E-state index in [9.17, 15) is 4.79 Å². The van der Waals surface area contributed by atoms with E-state index >= 15 is 0 Å². The number of carbonyl (C=O) groups is 1. The Morgan fingerprint density at radius 1 is 1.19 bits per heavy atom. The minimum absolute atomic E-state index is 0.310. The normalized spacial score (nSPS) is 15.4. The summed E-state index contributed by atoms with van der Waals surface area (Å²) in [4.78, 5) is 17.5. The molecule has 3 aromatic rings. The molecule has 1 N–H and O–H groups in total. The molecule has 4 rings (SSSR count). The summed E-state index contributed by atoms with van der Waals surface area (Å²) < 4.78 is 8.10. The van der Waals surface area contributed by atoms with E-state index in [2.05, 4.69) is 45.3 Å². The standard InChI is InChI=1S/C23H23BrN4O2S/c1-4-30-21(29)19-15(3)25-22-26-23(31-13-17-8-6-5-7-14(17)2)27-28(22)20(19)16-9-11-18(24)12-10-16/h5-12,20H,4,13H2,1-3H3,(H,25,26,27)/t20-/m0/s1. The Bertz CT molecular complexity index is 1140. The monoisotopic (exact) mass is 498 g/mol. The summed E-state index contributed by atoms with van der Waals surface area (Å²) in [5.74, 6) is 1.04. The van der Waals surface area contributed by atoms with Crippen LogP contribution >= 0.6 is 27.7 Å². The van der Waals surface area contributed by atoms with Gasteiger partial charge in [0, 0.05) is 15.9 Å². The average Bonchev–Trinajstić information content (AvgIpc) is 3.15. The van der Waals surface area contributed by atoms with Crippen molar-refractivity contribution < 1.29 is 9.53 Å². The van der Waals surface area contributed by atoms with Crippen molar-refractivity contribution >= 4 is 39.6 Å². The van der Waals surface area contributed by atoms with Gasteiger partial charge in [0.25, 0.3) is 0 Å². The number of anilines is 1. The minimum Gasteiger partial charge on any atom is -0.463 e. The van der Waals surface area contributed by atoms with Crippen LogP contribution in [0.2, 0.25) is 0 Å². The van der Waals surface area contributed by atoms with Crippen LogP contribution in [0.15, 0.2) is 69.4 Å². The van der Waals surface area contributed by atoms with E-state index in [1.54, 1.807) is 23.4 Å². The lowest BCUT2D eigenvalue weighted by molar-refractivity contribution is -0.139. The molecule has 1 aliphatic heterocycles. The second-order valence-electron chi connectivity index (χ2n) is 7.22. The zero-order valence-electron chi connectivity index (χ0n) is 17.6. The first-order chi connectivity index (χ1) is 15.0. The number of nitrogens with zero attached hydrogens (tertiary/aromatic N) is 3. The van der Waals surface area contributed by atoms with Crippen molar-refractivity contribution in [2.45, 2.75) is 37.7 Å². The molecule has 1 atom stereocenters. The molecule has 0 spiro atoms. The largest absolute Gasteiger partial charge is 0.463 e. The molecule has 1 aromatic heterocycles. The van der Waals surface area contributed by atoms with Crippen molar-refractivity contribution in [1.29, 1.82) is 0 Å². The van der Waals surface area contributed by atoms with Gasteiger partial charge < -0.3 is 10.1 Å². The lowest BCUT2D eigenvalue weighted by Crippen LogP contribution is -2.29. The van der Waals surface area contributed by atoms with Crippen LogP contribution in [-0.2, 0) is 15.3 Å². The van der Waals surface area contributed by atoms with E-state index in [4.69, 9.17) is 9.84 Å². The Labute approximate surface area is 194 Å². The van der Waals surface area contributed by atoms with Gasteiger partial charge in [0.15, 0.2) is 0 Å². The van der Waals surface area contributed by atoms with Gasteiger partial charge >= 0.3 is 5.97 Å². The lowest BCUT2D eigenvalue weighted by atomic mass is 9.96. The van der Waals surface area contributed by atoms with Crippen molar-refractivity contribution in [3.8, 4) is 0 Å². The van der Waals surface area contributed by atoms with Gasteiger partial charge in [-0.1, -0.05) is 64.1 Å². The van der Waals surface area contributed by atoms with E-state index < -0.39 is 6.04 Å². The molecule has 31 heavy (non-hydrogen) atoms. The van der Waals surface area contributed by atoms with Crippen LogP contribution in [0.4, 0.5) is 5.95 Å². The molecule has 8 heteroatoms. The molecular formula is C23H23BrN4O2S. The van der Waals surface area contributed by atoms with Crippen LogP contribution in [-0.4, -0.2) is 27.3 Å². The lowest BCUT2D eigenvalue weighted by Gasteiger charge is -2.28. The highest BCUT2D eigenvalue weighted by atomic mass is 79.9. The molecule has 160 valence electrons. The fourth-order valence-electron chi connectivity index (χ4n) is 3.53. The summed E-state index contributed by atoms with van der Waals surface area (Å²) in [6.07, 6.45) is 0. The Hall–Kier alpha value is -2.58. The smallest absolute Gasteiger partial charge is 0.338 e. The van der Waals surface area contributed by atoms with Gasteiger partial charge in [-0.15, -0.1) is 5.10 Å². The van der Waals surface area contributed by atoms with Gasteiger partial charge in [0.1, 0.15) is 6.04 Å². The predicted octanol–water partition coefficient (Wildman–Crippen LogP) is 5.49. The number of hydrogen-bond donors (Lipinski definition) is 1. The number of fused-ring (bicyclic) bond motifs is 1. The van der Waals surface area contributed by atoms with E-state index in [1.807, 2.05) is 43.3 Å². The number of rotatable bonds is 6. The number of allylic oxidation sites excluding steroid dienone is 1. The number of esters is 1. The minimum atomic E-state index is -0.413. The number of benzene rings is 2. The first-order valence-electron chi connectivity index (χ1n) is 10.0. The van der Waals surface area contributed by atoms with Gasteiger partial charge in [-0.2, -0.15) is 4.98 Å². The number of thioether (sulfide) groups is 1. The number of nitrogens with one attached hydrogen (secondary N) is 1. The third-order valence-corrected chi connectivity index (χ3v) is 6.55. The van der Waals surface area contributed by atoms with Crippen molar-refractivity contribution in [1.82, 2.24) is 14.8 Å². The Morgan fingerprint density at radius 3 is 2.65 bits per heavy atom. The maximum atomic E-state index is 12.8.